The SMILES string of the molecule is CC1=C[C@@H]2O[C@H](c3ccccc3)OC[C@H]2O[C@@H]1CC(=O)c1ccccc1. The van der Waals surface area contributed by atoms with Crippen LogP contribution in [0.25, 0.3) is 0 Å². The van der Waals surface area contributed by atoms with Crippen molar-refractivity contribution < 1.29 is 19.0 Å². The van der Waals surface area contributed by atoms with Gasteiger partial charge in [-0.25, -0.2) is 0 Å². The van der Waals surface area contributed by atoms with Crippen LogP contribution in [0.5, 0.6) is 0 Å². The summed E-state index contributed by atoms with van der Waals surface area (Å²) in [5, 5.41) is 0. The number of fused-ring (bicyclic) bond motifs is 1. The van der Waals surface area contributed by atoms with E-state index in [0.29, 0.717) is 18.6 Å². The van der Waals surface area contributed by atoms with Gasteiger partial charge in [0.15, 0.2) is 12.1 Å². The van der Waals surface area contributed by atoms with Gasteiger partial charge in [0.25, 0.3) is 0 Å². The van der Waals surface area contributed by atoms with Gasteiger partial charge >= 0.3 is 0 Å². The zero-order valence-corrected chi connectivity index (χ0v) is 14.7. The maximum absolute atomic E-state index is 12.5. The first-order valence-electron chi connectivity index (χ1n) is 8.95. The van der Waals surface area contributed by atoms with Crippen LogP contribution in [0, 0.1) is 0 Å². The molecule has 1 saturated heterocycles. The Morgan fingerprint density at radius 1 is 1.00 bits per heavy atom. The third-order valence-corrected chi connectivity index (χ3v) is 4.87. The third-order valence-electron chi connectivity index (χ3n) is 4.87. The molecule has 0 unspecified atom stereocenters. The fourth-order valence-corrected chi connectivity index (χ4v) is 3.40. The number of hydrogen-bond acceptors (Lipinski definition) is 4. The van der Waals surface area contributed by atoms with Gasteiger partial charge in [0, 0.05) is 17.5 Å². The predicted molar refractivity (Wildman–Crippen MR) is 97.8 cm³/mol. The van der Waals surface area contributed by atoms with Crippen molar-refractivity contribution >= 4 is 5.78 Å². The maximum Gasteiger partial charge on any atom is 0.184 e. The van der Waals surface area contributed by atoms with Gasteiger partial charge in [0.1, 0.15) is 12.2 Å². The first-order chi connectivity index (χ1) is 12.7. The van der Waals surface area contributed by atoms with E-state index in [4.69, 9.17) is 14.2 Å². The van der Waals surface area contributed by atoms with Gasteiger partial charge in [0.05, 0.1) is 12.7 Å². The van der Waals surface area contributed by atoms with Crippen molar-refractivity contribution in [3.8, 4) is 0 Å². The molecule has 2 aliphatic heterocycles. The number of benzene rings is 2. The molecule has 2 heterocycles. The lowest BCUT2D eigenvalue weighted by atomic mass is 9.95. The van der Waals surface area contributed by atoms with E-state index in [9.17, 15) is 4.79 Å². The summed E-state index contributed by atoms with van der Waals surface area (Å²) in [5.74, 6) is 0.0848. The average Bonchev–Trinajstić information content (AvgIpc) is 2.69. The van der Waals surface area contributed by atoms with Crippen LogP contribution < -0.4 is 0 Å². The molecule has 0 spiro atoms. The Morgan fingerprint density at radius 3 is 2.42 bits per heavy atom. The smallest absolute Gasteiger partial charge is 0.184 e. The van der Waals surface area contributed by atoms with E-state index in [0.717, 1.165) is 11.1 Å². The quantitative estimate of drug-likeness (QED) is 0.615. The first kappa shape index (κ1) is 17.2. The Bertz CT molecular complexity index is 784. The fraction of sp³-hybridized carbons (Fsp3) is 0.318. The molecule has 2 aromatic rings. The molecule has 0 aliphatic carbocycles. The molecule has 4 atom stereocenters. The highest BCUT2D eigenvalue weighted by atomic mass is 16.7. The number of carbonyl (C=O) groups excluding carboxylic acids is 1. The minimum Gasteiger partial charge on any atom is -0.365 e. The molecular weight excluding hydrogens is 328 g/mol. The molecule has 0 bridgehead atoms. The van der Waals surface area contributed by atoms with Crippen LogP contribution in [0.1, 0.15) is 35.6 Å². The van der Waals surface area contributed by atoms with Gasteiger partial charge in [-0.3, -0.25) is 4.79 Å². The zero-order valence-electron chi connectivity index (χ0n) is 14.7. The number of carbonyl (C=O) groups is 1. The molecule has 1 fully saturated rings. The van der Waals surface area contributed by atoms with Gasteiger partial charge < -0.3 is 14.2 Å². The van der Waals surface area contributed by atoms with Crippen LogP contribution >= 0.6 is 0 Å². The molecular formula is C22H22O4. The minimum absolute atomic E-state index is 0.0848. The topological polar surface area (TPSA) is 44.8 Å². The monoisotopic (exact) mass is 350 g/mol. The molecule has 2 aliphatic rings. The first-order valence-corrected chi connectivity index (χ1v) is 8.95. The Morgan fingerprint density at radius 2 is 1.69 bits per heavy atom. The molecule has 0 amide bonds. The highest BCUT2D eigenvalue weighted by Crippen LogP contribution is 2.33. The zero-order chi connectivity index (χ0) is 17.9. The minimum atomic E-state index is -0.382. The third kappa shape index (κ3) is 3.63. The second-order valence-electron chi connectivity index (χ2n) is 6.74. The van der Waals surface area contributed by atoms with Crippen molar-refractivity contribution in [3.05, 3.63) is 83.4 Å². The average molecular weight is 350 g/mol. The molecule has 4 heteroatoms. The molecule has 134 valence electrons. The van der Waals surface area contributed by atoms with Crippen molar-refractivity contribution in [2.75, 3.05) is 6.61 Å². The molecule has 0 aromatic heterocycles. The van der Waals surface area contributed by atoms with Crippen molar-refractivity contribution in [1.82, 2.24) is 0 Å². The summed E-state index contributed by atoms with van der Waals surface area (Å²) in [7, 11) is 0. The van der Waals surface area contributed by atoms with E-state index < -0.39 is 0 Å². The summed E-state index contributed by atoms with van der Waals surface area (Å²) in [6, 6.07) is 19.2. The van der Waals surface area contributed by atoms with Gasteiger partial charge in [-0.15, -0.1) is 0 Å². The van der Waals surface area contributed by atoms with E-state index in [1.54, 1.807) is 0 Å². The van der Waals surface area contributed by atoms with E-state index >= 15 is 0 Å². The van der Waals surface area contributed by atoms with Crippen LogP contribution in [-0.4, -0.2) is 30.7 Å². The number of rotatable bonds is 4. The van der Waals surface area contributed by atoms with Gasteiger partial charge in [-0.2, -0.15) is 0 Å². The maximum atomic E-state index is 12.5. The normalized spacial score (nSPS) is 28.1. The van der Waals surface area contributed by atoms with Crippen molar-refractivity contribution in [3.63, 3.8) is 0 Å². The van der Waals surface area contributed by atoms with Crippen LogP contribution in [0.2, 0.25) is 0 Å². The Kier molecular flexibility index (Phi) is 4.98. The summed E-state index contributed by atoms with van der Waals surface area (Å²) in [5.41, 5.74) is 2.74. The molecule has 4 nitrogen and oxygen atoms in total. The molecule has 26 heavy (non-hydrogen) atoms. The summed E-state index contributed by atoms with van der Waals surface area (Å²) >= 11 is 0. The van der Waals surface area contributed by atoms with Crippen molar-refractivity contribution in [2.45, 2.75) is 37.9 Å². The van der Waals surface area contributed by atoms with E-state index in [1.165, 1.54) is 0 Å². The lowest BCUT2D eigenvalue weighted by molar-refractivity contribution is -0.263. The molecule has 0 saturated carbocycles. The van der Waals surface area contributed by atoms with Crippen LogP contribution in [0.4, 0.5) is 0 Å². The standard InChI is InChI=1S/C22H22O4/c1-15-12-20-21(14-24-22(26-20)17-10-6-3-7-11-17)25-19(15)13-18(23)16-8-4-2-5-9-16/h2-12,19-22H,13-14H2,1H3/t19-,20+,21-,22-/m1/s1. The van der Waals surface area contributed by atoms with Crippen molar-refractivity contribution in [2.24, 2.45) is 0 Å². The van der Waals surface area contributed by atoms with Crippen LogP contribution in [0.15, 0.2) is 72.3 Å². The van der Waals surface area contributed by atoms with Gasteiger partial charge in [-0.05, 0) is 12.5 Å². The number of ketones is 1. The van der Waals surface area contributed by atoms with Gasteiger partial charge in [0.2, 0.25) is 0 Å². The molecule has 0 N–H and O–H groups in total. The largest absolute Gasteiger partial charge is 0.365 e. The van der Waals surface area contributed by atoms with E-state index in [2.05, 4.69) is 6.08 Å². The highest BCUT2D eigenvalue weighted by molar-refractivity contribution is 5.96. The number of hydrogen-bond donors (Lipinski definition) is 0. The summed E-state index contributed by atoms with van der Waals surface area (Å²) in [6.07, 6.45) is 1.45. The predicted octanol–water partition coefficient (Wildman–Crippen LogP) is 4.09. The summed E-state index contributed by atoms with van der Waals surface area (Å²) in [6.45, 7) is 2.44. The Labute approximate surface area is 153 Å². The van der Waals surface area contributed by atoms with E-state index in [1.807, 2.05) is 67.6 Å². The van der Waals surface area contributed by atoms with Crippen LogP contribution in [-0.2, 0) is 14.2 Å². The van der Waals surface area contributed by atoms with Gasteiger partial charge in [-0.1, -0.05) is 66.7 Å². The molecule has 0 radical (unpaired) electrons. The lowest BCUT2D eigenvalue weighted by Crippen LogP contribution is -2.46. The van der Waals surface area contributed by atoms with Crippen LogP contribution in [0.3, 0.4) is 0 Å². The Hall–Kier alpha value is -2.27. The lowest BCUT2D eigenvalue weighted by Gasteiger charge is -2.40. The second-order valence-corrected chi connectivity index (χ2v) is 6.74. The highest BCUT2D eigenvalue weighted by Gasteiger charge is 2.38. The Balaban J connectivity index is 1.44. The molecule has 2 aromatic carbocycles. The van der Waals surface area contributed by atoms with Crippen molar-refractivity contribution in [1.29, 1.82) is 0 Å². The van der Waals surface area contributed by atoms with E-state index in [-0.39, 0.29) is 30.4 Å². The molecule has 4 rings (SSSR count). The summed E-state index contributed by atoms with van der Waals surface area (Å²) in [4.78, 5) is 12.5. The number of Topliss-reactive ketones (excluding diaryl/α,β-unsaturated/α-hetero) is 1. The summed E-state index contributed by atoms with van der Waals surface area (Å²) < 4.78 is 18.1. The number of ether oxygens (including phenoxy) is 3. The second kappa shape index (κ2) is 7.54. The fourth-order valence-electron chi connectivity index (χ4n) is 3.40.